The Hall–Kier alpha value is -0.810. The third-order valence-corrected chi connectivity index (χ3v) is 3.89. The fraction of sp³-hybridized carbons (Fsp3) is 0.600. The summed E-state index contributed by atoms with van der Waals surface area (Å²) in [5.41, 5.74) is 6.08. The van der Waals surface area contributed by atoms with Crippen molar-refractivity contribution in [3.8, 4) is 0 Å². The first kappa shape index (κ1) is 10.7. The van der Waals surface area contributed by atoms with Crippen molar-refractivity contribution in [2.45, 2.75) is 31.1 Å². The van der Waals surface area contributed by atoms with Gasteiger partial charge in [-0.1, -0.05) is 6.42 Å². The van der Waals surface area contributed by atoms with Crippen LogP contribution in [-0.2, 0) is 6.54 Å². The third-order valence-electron chi connectivity index (χ3n) is 2.51. The topological polar surface area (TPSA) is 71.8 Å². The van der Waals surface area contributed by atoms with Crippen LogP contribution in [0, 0.1) is 0 Å². The molecule has 3 N–H and O–H groups in total. The van der Waals surface area contributed by atoms with Crippen LogP contribution in [0.4, 0.5) is 0 Å². The highest BCUT2D eigenvalue weighted by Crippen LogP contribution is 2.35. The summed E-state index contributed by atoms with van der Waals surface area (Å²) in [7, 11) is 0. The normalized spacial score (nSPS) is 21.5. The molecular formula is C10H15N3OS. The Morgan fingerprint density at radius 2 is 2.47 bits per heavy atom. The Kier molecular flexibility index (Phi) is 3.43. The van der Waals surface area contributed by atoms with Crippen LogP contribution in [0.2, 0.25) is 0 Å². The Morgan fingerprint density at radius 3 is 3.13 bits per heavy atom. The van der Waals surface area contributed by atoms with Gasteiger partial charge in [-0.15, -0.1) is 0 Å². The van der Waals surface area contributed by atoms with E-state index in [4.69, 9.17) is 5.73 Å². The van der Waals surface area contributed by atoms with Crippen LogP contribution in [0.25, 0.3) is 0 Å². The van der Waals surface area contributed by atoms with Gasteiger partial charge in [0.2, 0.25) is 0 Å². The minimum absolute atomic E-state index is 0.0911. The molecule has 1 aliphatic heterocycles. The molecule has 1 atom stereocenters. The van der Waals surface area contributed by atoms with Crippen LogP contribution >= 0.6 is 11.8 Å². The number of nitrogens with one attached hydrogen (secondary N) is 1. The highest BCUT2D eigenvalue weighted by atomic mass is 32.2. The number of aromatic nitrogens is 2. The Bertz CT molecular complexity index is 384. The van der Waals surface area contributed by atoms with Crippen LogP contribution < -0.4 is 11.3 Å². The lowest BCUT2D eigenvalue weighted by molar-refractivity contribution is 0.656. The van der Waals surface area contributed by atoms with E-state index in [0.29, 0.717) is 17.5 Å². The van der Waals surface area contributed by atoms with Gasteiger partial charge in [-0.05, 0) is 18.6 Å². The predicted octanol–water partition coefficient (Wildman–Crippen LogP) is 1.19. The SMILES string of the molecule is NCc1cc(=O)[nH]c(C2CCCCS2)n1. The van der Waals surface area contributed by atoms with Crippen molar-refractivity contribution in [2.24, 2.45) is 5.73 Å². The van der Waals surface area contributed by atoms with E-state index in [1.54, 1.807) is 0 Å². The maximum Gasteiger partial charge on any atom is 0.251 e. The summed E-state index contributed by atoms with van der Waals surface area (Å²) in [5.74, 6) is 1.95. The average molecular weight is 225 g/mol. The minimum atomic E-state index is -0.0911. The van der Waals surface area contributed by atoms with Crippen molar-refractivity contribution in [1.82, 2.24) is 9.97 Å². The molecule has 15 heavy (non-hydrogen) atoms. The molecule has 0 aliphatic carbocycles. The van der Waals surface area contributed by atoms with E-state index in [9.17, 15) is 4.79 Å². The molecular weight excluding hydrogens is 210 g/mol. The van der Waals surface area contributed by atoms with Gasteiger partial charge in [0.05, 0.1) is 10.9 Å². The Balaban J connectivity index is 2.26. The predicted molar refractivity (Wildman–Crippen MR) is 61.8 cm³/mol. The van der Waals surface area contributed by atoms with Crippen molar-refractivity contribution in [3.63, 3.8) is 0 Å². The summed E-state index contributed by atoms with van der Waals surface area (Å²) in [6.45, 7) is 0.328. The Morgan fingerprint density at radius 1 is 1.60 bits per heavy atom. The third kappa shape index (κ3) is 2.60. The molecule has 1 aromatic heterocycles. The van der Waals surface area contributed by atoms with Crippen molar-refractivity contribution >= 4 is 11.8 Å². The molecule has 0 bridgehead atoms. The molecule has 0 spiro atoms. The van der Waals surface area contributed by atoms with Gasteiger partial charge in [-0.2, -0.15) is 11.8 Å². The van der Waals surface area contributed by atoms with Gasteiger partial charge in [0, 0.05) is 12.6 Å². The minimum Gasteiger partial charge on any atom is -0.325 e. The van der Waals surface area contributed by atoms with Crippen molar-refractivity contribution in [2.75, 3.05) is 5.75 Å². The van der Waals surface area contributed by atoms with Gasteiger partial charge in [0.25, 0.3) is 5.56 Å². The average Bonchev–Trinajstić information content (AvgIpc) is 2.29. The first-order chi connectivity index (χ1) is 7.29. The number of H-pyrrole nitrogens is 1. The quantitative estimate of drug-likeness (QED) is 0.793. The van der Waals surface area contributed by atoms with E-state index < -0.39 is 0 Å². The number of nitrogens with two attached hydrogens (primary N) is 1. The second kappa shape index (κ2) is 4.81. The van der Waals surface area contributed by atoms with Gasteiger partial charge < -0.3 is 10.7 Å². The van der Waals surface area contributed by atoms with Gasteiger partial charge in [-0.25, -0.2) is 4.98 Å². The zero-order chi connectivity index (χ0) is 10.7. The summed E-state index contributed by atoms with van der Waals surface area (Å²) >= 11 is 1.87. The fourth-order valence-electron chi connectivity index (χ4n) is 1.74. The molecule has 2 heterocycles. The lowest BCUT2D eigenvalue weighted by Gasteiger charge is -2.20. The van der Waals surface area contributed by atoms with Crippen LogP contribution in [0.1, 0.15) is 36.0 Å². The van der Waals surface area contributed by atoms with Crippen LogP contribution in [0.15, 0.2) is 10.9 Å². The van der Waals surface area contributed by atoms with E-state index in [-0.39, 0.29) is 5.56 Å². The first-order valence-corrected chi connectivity index (χ1v) is 6.26. The maximum atomic E-state index is 11.4. The largest absolute Gasteiger partial charge is 0.325 e. The maximum absolute atomic E-state index is 11.4. The smallest absolute Gasteiger partial charge is 0.251 e. The van der Waals surface area contributed by atoms with Crippen LogP contribution in [-0.4, -0.2) is 15.7 Å². The summed E-state index contributed by atoms with van der Waals surface area (Å²) in [5, 5.41) is 0.345. The summed E-state index contributed by atoms with van der Waals surface area (Å²) in [6.07, 6.45) is 3.58. The highest BCUT2D eigenvalue weighted by Gasteiger charge is 2.18. The molecule has 4 nitrogen and oxygen atoms in total. The van der Waals surface area contributed by atoms with Crippen LogP contribution in [0.3, 0.4) is 0 Å². The monoisotopic (exact) mass is 225 g/mol. The molecule has 0 saturated carbocycles. The highest BCUT2D eigenvalue weighted by molar-refractivity contribution is 7.99. The molecule has 0 aromatic carbocycles. The number of rotatable bonds is 2. The number of hydrogen-bond donors (Lipinski definition) is 2. The molecule has 5 heteroatoms. The van der Waals surface area contributed by atoms with Crippen molar-refractivity contribution in [3.05, 3.63) is 27.9 Å². The molecule has 1 saturated heterocycles. The summed E-state index contributed by atoms with van der Waals surface area (Å²) in [6, 6.07) is 1.47. The van der Waals surface area contributed by atoms with E-state index >= 15 is 0 Å². The number of aromatic amines is 1. The molecule has 1 unspecified atom stereocenters. The van der Waals surface area contributed by atoms with E-state index in [1.165, 1.54) is 18.9 Å². The van der Waals surface area contributed by atoms with Crippen molar-refractivity contribution < 1.29 is 0 Å². The zero-order valence-electron chi connectivity index (χ0n) is 8.53. The Labute approximate surface area is 92.7 Å². The van der Waals surface area contributed by atoms with Crippen molar-refractivity contribution in [1.29, 1.82) is 0 Å². The summed E-state index contributed by atoms with van der Waals surface area (Å²) in [4.78, 5) is 18.5. The zero-order valence-corrected chi connectivity index (χ0v) is 9.35. The molecule has 2 rings (SSSR count). The van der Waals surface area contributed by atoms with Crippen LogP contribution in [0.5, 0.6) is 0 Å². The molecule has 0 amide bonds. The first-order valence-electron chi connectivity index (χ1n) is 5.21. The second-order valence-electron chi connectivity index (χ2n) is 3.68. The second-order valence-corrected chi connectivity index (χ2v) is 4.99. The van der Waals surface area contributed by atoms with E-state index in [0.717, 1.165) is 18.0 Å². The summed E-state index contributed by atoms with van der Waals surface area (Å²) < 4.78 is 0. The standard InChI is InChI=1S/C10H15N3OS/c11-6-7-5-9(14)13-10(12-7)8-3-1-2-4-15-8/h5,8H,1-4,6,11H2,(H,12,13,14). The van der Waals surface area contributed by atoms with Gasteiger partial charge >= 0.3 is 0 Å². The van der Waals surface area contributed by atoms with Gasteiger partial charge in [-0.3, -0.25) is 4.79 Å². The van der Waals surface area contributed by atoms with Gasteiger partial charge in [0.15, 0.2) is 0 Å². The molecule has 1 fully saturated rings. The lowest BCUT2D eigenvalue weighted by atomic mass is 10.2. The molecule has 1 aromatic rings. The molecule has 1 aliphatic rings. The lowest BCUT2D eigenvalue weighted by Crippen LogP contribution is -2.17. The molecule has 82 valence electrons. The number of nitrogens with zero attached hydrogens (tertiary/aromatic N) is 1. The number of thioether (sulfide) groups is 1. The van der Waals surface area contributed by atoms with E-state index in [2.05, 4.69) is 9.97 Å². The van der Waals surface area contributed by atoms with E-state index in [1.807, 2.05) is 11.8 Å². The number of hydrogen-bond acceptors (Lipinski definition) is 4. The van der Waals surface area contributed by atoms with Gasteiger partial charge in [0.1, 0.15) is 5.82 Å². The molecule has 0 radical (unpaired) electrons. The fourth-order valence-corrected chi connectivity index (χ4v) is 3.00.